The van der Waals surface area contributed by atoms with Crippen molar-refractivity contribution in [1.29, 1.82) is 0 Å². The van der Waals surface area contributed by atoms with E-state index < -0.39 is 5.97 Å². The summed E-state index contributed by atoms with van der Waals surface area (Å²) in [5.41, 5.74) is 2.83. The van der Waals surface area contributed by atoms with Crippen LogP contribution in [0.1, 0.15) is 21.7 Å². The maximum atomic E-state index is 11.9. The first-order valence-corrected chi connectivity index (χ1v) is 6.36. The minimum Gasteiger partial charge on any atom is -0.464 e. The molecule has 3 heterocycles. The molecular weight excluding hydrogens is 258 g/mol. The van der Waals surface area contributed by atoms with Gasteiger partial charge in [-0.1, -0.05) is 0 Å². The molecule has 0 saturated heterocycles. The molecule has 1 aliphatic heterocycles. The van der Waals surface area contributed by atoms with Crippen LogP contribution in [-0.2, 0) is 24.8 Å². The van der Waals surface area contributed by atoms with Crippen LogP contribution >= 0.6 is 0 Å². The lowest BCUT2D eigenvalue weighted by molar-refractivity contribution is 0.0592. The van der Waals surface area contributed by atoms with Gasteiger partial charge in [-0.15, -0.1) is 0 Å². The molecule has 0 aromatic carbocycles. The van der Waals surface area contributed by atoms with Crippen molar-refractivity contribution in [2.75, 3.05) is 13.7 Å². The molecule has 0 unspecified atom stereocenters. The van der Waals surface area contributed by atoms with E-state index in [1.807, 2.05) is 11.6 Å². The van der Waals surface area contributed by atoms with Gasteiger partial charge in [-0.3, -0.25) is 0 Å². The van der Waals surface area contributed by atoms with Crippen LogP contribution in [0, 0.1) is 0 Å². The van der Waals surface area contributed by atoms with Gasteiger partial charge in [0.05, 0.1) is 25.3 Å². The Morgan fingerprint density at radius 2 is 2.30 bits per heavy atom. The lowest BCUT2D eigenvalue weighted by atomic mass is 10.0. The molecule has 104 valence electrons. The van der Waals surface area contributed by atoms with Gasteiger partial charge in [0.2, 0.25) is 0 Å². The number of hydrogen-bond acceptors (Lipinski definition) is 6. The van der Waals surface area contributed by atoms with E-state index in [4.69, 9.17) is 4.74 Å². The van der Waals surface area contributed by atoms with Gasteiger partial charge >= 0.3 is 5.97 Å². The van der Waals surface area contributed by atoms with Crippen molar-refractivity contribution in [1.82, 2.24) is 24.8 Å². The standard InChI is InChI=1S/C13H15N5O2/c1-18-7-15-6-10(18)12-16-9-3-4-14-5-8(9)11(17-12)13(19)20-2/h6-7,14H,3-5H2,1-2H3. The van der Waals surface area contributed by atoms with E-state index in [2.05, 4.69) is 20.3 Å². The number of fused-ring (bicyclic) bond motifs is 1. The maximum absolute atomic E-state index is 11.9. The summed E-state index contributed by atoms with van der Waals surface area (Å²) in [5.74, 6) is 0.0711. The first-order valence-electron chi connectivity index (χ1n) is 6.36. The number of esters is 1. The highest BCUT2D eigenvalue weighted by Crippen LogP contribution is 2.21. The Balaban J connectivity index is 2.18. The van der Waals surface area contributed by atoms with Gasteiger partial charge in [0.15, 0.2) is 11.5 Å². The Morgan fingerprint density at radius 1 is 1.45 bits per heavy atom. The summed E-state index contributed by atoms with van der Waals surface area (Å²) < 4.78 is 6.65. The van der Waals surface area contributed by atoms with Crippen LogP contribution in [0.5, 0.6) is 0 Å². The van der Waals surface area contributed by atoms with Gasteiger partial charge in [0, 0.05) is 32.1 Å². The second kappa shape index (κ2) is 5.01. The predicted octanol–water partition coefficient (Wildman–Crippen LogP) is 0.309. The largest absolute Gasteiger partial charge is 0.464 e. The maximum Gasteiger partial charge on any atom is 0.357 e. The Labute approximate surface area is 116 Å². The van der Waals surface area contributed by atoms with E-state index in [1.165, 1.54) is 7.11 Å². The minimum absolute atomic E-state index is 0.334. The summed E-state index contributed by atoms with van der Waals surface area (Å²) in [6.45, 7) is 1.43. The number of hydrogen-bond donors (Lipinski definition) is 1. The molecule has 0 bridgehead atoms. The molecule has 0 fully saturated rings. The van der Waals surface area contributed by atoms with E-state index in [0.29, 0.717) is 18.1 Å². The van der Waals surface area contributed by atoms with Gasteiger partial charge in [0.25, 0.3) is 0 Å². The molecule has 3 rings (SSSR count). The fourth-order valence-corrected chi connectivity index (χ4v) is 2.30. The van der Waals surface area contributed by atoms with Crippen molar-refractivity contribution < 1.29 is 9.53 Å². The van der Waals surface area contributed by atoms with Gasteiger partial charge in [0.1, 0.15) is 5.69 Å². The van der Waals surface area contributed by atoms with Crippen molar-refractivity contribution in [3.05, 3.63) is 29.5 Å². The zero-order valence-corrected chi connectivity index (χ0v) is 11.4. The summed E-state index contributed by atoms with van der Waals surface area (Å²) in [6, 6.07) is 0. The summed E-state index contributed by atoms with van der Waals surface area (Å²) >= 11 is 0. The highest BCUT2D eigenvalue weighted by molar-refractivity contribution is 5.89. The zero-order valence-electron chi connectivity index (χ0n) is 11.4. The number of nitrogens with one attached hydrogen (secondary N) is 1. The molecule has 1 aliphatic rings. The molecule has 2 aromatic rings. The van der Waals surface area contributed by atoms with Gasteiger partial charge in [-0.05, 0) is 0 Å². The highest BCUT2D eigenvalue weighted by atomic mass is 16.5. The first-order chi connectivity index (χ1) is 9.70. The van der Waals surface area contributed by atoms with E-state index in [-0.39, 0.29) is 0 Å². The van der Waals surface area contributed by atoms with Gasteiger partial charge in [-0.2, -0.15) is 0 Å². The molecule has 1 N–H and O–H groups in total. The van der Waals surface area contributed by atoms with Crippen LogP contribution in [0.2, 0.25) is 0 Å². The number of aromatic nitrogens is 4. The average Bonchev–Trinajstić information content (AvgIpc) is 2.91. The SMILES string of the molecule is COC(=O)c1nc(-c2cncn2C)nc2c1CNCC2. The van der Waals surface area contributed by atoms with Gasteiger partial charge in [-0.25, -0.2) is 19.7 Å². The van der Waals surface area contributed by atoms with Crippen molar-refractivity contribution in [3.63, 3.8) is 0 Å². The van der Waals surface area contributed by atoms with E-state index in [1.54, 1.807) is 12.5 Å². The third-order valence-corrected chi connectivity index (χ3v) is 3.36. The molecule has 0 aliphatic carbocycles. The molecule has 0 spiro atoms. The molecule has 0 radical (unpaired) electrons. The number of carbonyl (C=O) groups excluding carboxylic acids is 1. The van der Waals surface area contributed by atoms with Crippen molar-refractivity contribution in [3.8, 4) is 11.5 Å². The molecular formula is C13H15N5O2. The minimum atomic E-state index is -0.434. The number of aryl methyl sites for hydroxylation is 1. The van der Waals surface area contributed by atoms with E-state index >= 15 is 0 Å². The lowest BCUT2D eigenvalue weighted by Gasteiger charge is -2.19. The van der Waals surface area contributed by atoms with E-state index in [0.717, 1.165) is 29.9 Å². The average molecular weight is 273 g/mol. The molecule has 20 heavy (non-hydrogen) atoms. The summed E-state index contributed by atoms with van der Waals surface area (Å²) in [5, 5.41) is 3.22. The van der Waals surface area contributed by atoms with Crippen LogP contribution in [0.4, 0.5) is 0 Å². The third-order valence-electron chi connectivity index (χ3n) is 3.36. The number of imidazole rings is 1. The molecule has 0 amide bonds. The number of methoxy groups -OCH3 is 1. The lowest BCUT2D eigenvalue weighted by Crippen LogP contribution is -2.28. The third kappa shape index (κ3) is 2.05. The molecule has 2 aromatic heterocycles. The molecule has 0 atom stereocenters. The Kier molecular flexibility index (Phi) is 3.19. The van der Waals surface area contributed by atoms with Crippen LogP contribution in [-0.4, -0.2) is 39.1 Å². The second-order valence-corrected chi connectivity index (χ2v) is 4.63. The van der Waals surface area contributed by atoms with Crippen LogP contribution in [0.25, 0.3) is 11.5 Å². The zero-order chi connectivity index (χ0) is 14.1. The number of rotatable bonds is 2. The fraction of sp³-hybridized carbons (Fsp3) is 0.385. The Hall–Kier alpha value is -2.28. The van der Waals surface area contributed by atoms with Crippen LogP contribution in [0.3, 0.4) is 0 Å². The summed E-state index contributed by atoms with van der Waals surface area (Å²) in [4.78, 5) is 24.9. The van der Waals surface area contributed by atoms with Crippen molar-refractivity contribution in [2.45, 2.75) is 13.0 Å². The van der Waals surface area contributed by atoms with Crippen molar-refractivity contribution >= 4 is 5.97 Å². The molecule has 0 saturated carbocycles. The number of nitrogens with zero attached hydrogens (tertiary/aromatic N) is 4. The summed E-state index contributed by atoms with van der Waals surface area (Å²) in [7, 11) is 3.22. The topological polar surface area (TPSA) is 81.9 Å². The van der Waals surface area contributed by atoms with Crippen molar-refractivity contribution in [2.24, 2.45) is 7.05 Å². The smallest absolute Gasteiger partial charge is 0.357 e. The van der Waals surface area contributed by atoms with Crippen LogP contribution < -0.4 is 5.32 Å². The van der Waals surface area contributed by atoms with Crippen LogP contribution in [0.15, 0.2) is 12.5 Å². The van der Waals surface area contributed by atoms with Gasteiger partial charge < -0.3 is 14.6 Å². The van der Waals surface area contributed by atoms with E-state index in [9.17, 15) is 4.79 Å². The monoisotopic (exact) mass is 273 g/mol. The second-order valence-electron chi connectivity index (χ2n) is 4.63. The quantitative estimate of drug-likeness (QED) is 0.793. The molecule has 7 nitrogen and oxygen atoms in total. The fourth-order valence-electron chi connectivity index (χ4n) is 2.30. The normalized spacial score (nSPS) is 13.9. The predicted molar refractivity (Wildman–Crippen MR) is 71.0 cm³/mol. The number of ether oxygens (including phenoxy) is 1. The summed E-state index contributed by atoms with van der Waals surface area (Å²) in [6.07, 6.45) is 4.13. The first kappa shape index (κ1) is 12.7. The number of carbonyl (C=O) groups is 1. The highest BCUT2D eigenvalue weighted by Gasteiger charge is 2.23. The molecule has 7 heteroatoms. The Bertz CT molecular complexity index is 665. The Morgan fingerprint density at radius 3 is 3.00 bits per heavy atom.